The highest BCUT2D eigenvalue weighted by Crippen LogP contribution is 2.24. The van der Waals surface area contributed by atoms with Crippen molar-refractivity contribution in [1.82, 2.24) is 9.97 Å². The van der Waals surface area contributed by atoms with E-state index in [4.69, 9.17) is 11.6 Å². The normalized spacial score (nSPS) is 12.8. The maximum atomic E-state index is 6.18. The van der Waals surface area contributed by atoms with Gasteiger partial charge in [0.15, 0.2) is 0 Å². The first-order valence-corrected chi connectivity index (χ1v) is 7.64. The lowest BCUT2D eigenvalue weighted by Gasteiger charge is -2.18. The summed E-state index contributed by atoms with van der Waals surface area (Å²) >= 11 is 6.18. The lowest BCUT2D eigenvalue weighted by molar-refractivity contribution is 0.612. The average Bonchev–Trinajstić information content (AvgIpc) is 2.34. The summed E-state index contributed by atoms with van der Waals surface area (Å²) in [6.45, 7) is 10.5. The molecule has 0 aromatic carbocycles. The molecule has 0 aliphatic carbocycles. The van der Waals surface area contributed by atoms with Crippen molar-refractivity contribution in [2.75, 3.05) is 5.32 Å². The Balaban J connectivity index is 2.76. The van der Waals surface area contributed by atoms with Gasteiger partial charge in [0, 0.05) is 17.5 Å². The predicted octanol–water partition coefficient (Wildman–Crippen LogP) is 4.94. The molecular formula is C15H26ClN3. The fourth-order valence-corrected chi connectivity index (χ4v) is 2.09. The molecule has 19 heavy (non-hydrogen) atoms. The third kappa shape index (κ3) is 4.98. The van der Waals surface area contributed by atoms with Gasteiger partial charge in [0.1, 0.15) is 16.8 Å². The molecule has 0 saturated heterocycles. The molecule has 1 atom stereocenters. The molecule has 0 fully saturated rings. The molecule has 1 aromatic heterocycles. The Bertz CT molecular complexity index is 405. The smallest absolute Gasteiger partial charge is 0.137 e. The van der Waals surface area contributed by atoms with E-state index in [0.717, 1.165) is 23.6 Å². The van der Waals surface area contributed by atoms with Gasteiger partial charge in [0.2, 0.25) is 0 Å². The molecule has 1 rings (SSSR count). The van der Waals surface area contributed by atoms with Crippen molar-refractivity contribution in [3.63, 3.8) is 0 Å². The van der Waals surface area contributed by atoms with Crippen molar-refractivity contribution in [1.29, 1.82) is 0 Å². The van der Waals surface area contributed by atoms with E-state index in [0.29, 0.717) is 11.2 Å². The maximum absolute atomic E-state index is 6.18. The Morgan fingerprint density at radius 1 is 1.16 bits per heavy atom. The van der Waals surface area contributed by atoms with Crippen LogP contribution in [0.5, 0.6) is 0 Å². The van der Waals surface area contributed by atoms with Gasteiger partial charge in [-0.1, -0.05) is 51.6 Å². The minimum Gasteiger partial charge on any atom is -0.367 e. The second kappa shape index (κ2) is 7.68. The van der Waals surface area contributed by atoms with Crippen LogP contribution in [0, 0.1) is 6.92 Å². The molecule has 0 amide bonds. The summed E-state index contributed by atoms with van der Waals surface area (Å²) in [7, 11) is 0. The molecule has 0 saturated carbocycles. The maximum Gasteiger partial charge on any atom is 0.137 e. The van der Waals surface area contributed by atoms with Gasteiger partial charge in [0.25, 0.3) is 0 Å². The van der Waals surface area contributed by atoms with Gasteiger partial charge in [-0.25, -0.2) is 9.97 Å². The Hall–Kier alpha value is -0.830. The van der Waals surface area contributed by atoms with Crippen molar-refractivity contribution in [2.24, 2.45) is 0 Å². The molecule has 0 spiro atoms. The Labute approximate surface area is 122 Å². The van der Waals surface area contributed by atoms with Crippen LogP contribution in [0.4, 0.5) is 5.82 Å². The molecule has 1 unspecified atom stereocenters. The summed E-state index contributed by atoms with van der Waals surface area (Å²) in [6.07, 6.45) is 4.95. The van der Waals surface area contributed by atoms with E-state index in [9.17, 15) is 0 Å². The third-order valence-electron chi connectivity index (χ3n) is 3.24. The Morgan fingerprint density at radius 3 is 2.42 bits per heavy atom. The van der Waals surface area contributed by atoms with Gasteiger partial charge < -0.3 is 5.32 Å². The Kier molecular flexibility index (Phi) is 6.56. The van der Waals surface area contributed by atoms with Crippen molar-refractivity contribution >= 4 is 17.4 Å². The van der Waals surface area contributed by atoms with E-state index in [1.165, 1.54) is 19.3 Å². The largest absolute Gasteiger partial charge is 0.367 e. The average molecular weight is 284 g/mol. The number of rotatable bonds is 7. The first kappa shape index (κ1) is 16.2. The summed E-state index contributed by atoms with van der Waals surface area (Å²) in [5, 5.41) is 4.03. The number of hydrogen-bond acceptors (Lipinski definition) is 3. The molecule has 0 aliphatic rings. The summed E-state index contributed by atoms with van der Waals surface area (Å²) in [5.41, 5.74) is 0.938. The van der Waals surface area contributed by atoms with E-state index in [2.05, 4.69) is 43.0 Å². The highest BCUT2D eigenvalue weighted by Gasteiger charge is 2.13. The molecule has 0 aliphatic heterocycles. The predicted molar refractivity (Wildman–Crippen MR) is 83.1 cm³/mol. The van der Waals surface area contributed by atoms with Gasteiger partial charge in [0.05, 0.1) is 0 Å². The van der Waals surface area contributed by atoms with Crippen LogP contribution in [0.1, 0.15) is 70.7 Å². The lowest BCUT2D eigenvalue weighted by Crippen LogP contribution is -2.18. The number of halogens is 1. The van der Waals surface area contributed by atoms with Gasteiger partial charge in [-0.15, -0.1) is 0 Å². The fourth-order valence-electron chi connectivity index (χ4n) is 1.91. The number of hydrogen-bond donors (Lipinski definition) is 1. The van der Waals surface area contributed by atoms with Gasteiger partial charge in [-0.3, -0.25) is 0 Å². The third-order valence-corrected chi connectivity index (χ3v) is 3.61. The fraction of sp³-hybridized carbons (Fsp3) is 0.733. The summed E-state index contributed by atoms with van der Waals surface area (Å²) in [4.78, 5) is 8.92. The first-order valence-electron chi connectivity index (χ1n) is 7.26. The van der Waals surface area contributed by atoms with E-state index in [1.807, 2.05) is 6.92 Å². The lowest BCUT2D eigenvalue weighted by atomic mass is 10.1. The second-order valence-corrected chi connectivity index (χ2v) is 5.90. The molecule has 108 valence electrons. The zero-order valence-corrected chi connectivity index (χ0v) is 13.5. The van der Waals surface area contributed by atoms with Crippen molar-refractivity contribution in [3.05, 3.63) is 16.5 Å². The van der Waals surface area contributed by atoms with Crippen LogP contribution in [-0.4, -0.2) is 16.0 Å². The Morgan fingerprint density at radius 2 is 1.84 bits per heavy atom. The van der Waals surface area contributed by atoms with Crippen molar-refractivity contribution in [3.8, 4) is 0 Å². The molecular weight excluding hydrogens is 258 g/mol. The van der Waals surface area contributed by atoms with E-state index < -0.39 is 0 Å². The monoisotopic (exact) mass is 283 g/mol. The van der Waals surface area contributed by atoms with Crippen LogP contribution < -0.4 is 5.32 Å². The highest BCUT2D eigenvalue weighted by atomic mass is 35.5. The number of nitrogens with one attached hydrogen (secondary N) is 1. The van der Waals surface area contributed by atoms with Crippen LogP contribution >= 0.6 is 11.6 Å². The number of unbranched alkanes of at least 4 members (excludes halogenated alkanes) is 2. The van der Waals surface area contributed by atoms with Crippen LogP contribution in [0.2, 0.25) is 5.15 Å². The van der Waals surface area contributed by atoms with Gasteiger partial charge >= 0.3 is 0 Å². The number of anilines is 1. The second-order valence-electron chi connectivity index (χ2n) is 5.54. The molecule has 0 radical (unpaired) electrons. The van der Waals surface area contributed by atoms with Crippen LogP contribution in [0.3, 0.4) is 0 Å². The molecule has 4 heteroatoms. The molecule has 1 N–H and O–H groups in total. The van der Waals surface area contributed by atoms with Gasteiger partial charge in [-0.05, 0) is 20.3 Å². The van der Waals surface area contributed by atoms with E-state index in [1.54, 1.807) is 0 Å². The molecule has 1 heterocycles. The van der Waals surface area contributed by atoms with E-state index in [-0.39, 0.29) is 5.92 Å². The summed E-state index contributed by atoms with van der Waals surface area (Å²) < 4.78 is 0. The van der Waals surface area contributed by atoms with Crippen molar-refractivity contribution < 1.29 is 0 Å². The van der Waals surface area contributed by atoms with Crippen LogP contribution in [-0.2, 0) is 0 Å². The SMILES string of the molecule is CCCCCC(C)Nc1nc(C(C)C)nc(Cl)c1C. The van der Waals surface area contributed by atoms with Crippen molar-refractivity contribution in [2.45, 2.75) is 72.3 Å². The quantitative estimate of drug-likeness (QED) is 0.569. The number of nitrogens with zero attached hydrogens (tertiary/aromatic N) is 2. The number of aromatic nitrogens is 2. The molecule has 0 bridgehead atoms. The minimum atomic E-state index is 0.286. The zero-order valence-electron chi connectivity index (χ0n) is 12.8. The highest BCUT2D eigenvalue weighted by molar-refractivity contribution is 6.30. The topological polar surface area (TPSA) is 37.8 Å². The molecule has 3 nitrogen and oxygen atoms in total. The molecule has 1 aromatic rings. The minimum absolute atomic E-state index is 0.286. The van der Waals surface area contributed by atoms with E-state index >= 15 is 0 Å². The standard InChI is InChI=1S/C15H26ClN3/c1-6-7-8-9-11(4)17-15-12(5)13(16)18-14(19-15)10(2)3/h10-11H,6-9H2,1-5H3,(H,17,18,19). The van der Waals surface area contributed by atoms with Crippen LogP contribution in [0.15, 0.2) is 0 Å². The van der Waals surface area contributed by atoms with Gasteiger partial charge in [-0.2, -0.15) is 0 Å². The van der Waals surface area contributed by atoms with Crippen LogP contribution in [0.25, 0.3) is 0 Å². The first-order chi connectivity index (χ1) is 8.95. The summed E-state index contributed by atoms with van der Waals surface area (Å²) in [5.74, 6) is 1.97. The summed E-state index contributed by atoms with van der Waals surface area (Å²) in [6, 6.07) is 0.413. The zero-order chi connectivity index (χ0) is 14.4.